The second-order valence-corrected chi connectivity index (χ2v) is 9.01. The van der Waals surface area contributed by atoms with Crippen molar-refractivity contribution < 1.29 is 23.3 Å². The molecule has 1 aliphatic rings. The highest BCUT2D eigenvalue weighted by Crippen LogP contribution is 2.29. The summed E-state index contributed by atoms with van der Waals surface area (Å²) < 4.78 is 22.3. The van der Waals surface area contributed by atoms with Gasteiger partial charge in [-0.25, -0.2) is 13.9 Å². The van der Waals surface area contributed by atoms with Gasteiger partial charge in [0.15, 0.2) is 14.6 Å². The molecule has 138 valence electrons. The quantitative estimate of drug-likeness (QED) is 0.564. The number of hydrogen-bond acceptors (Lipinski definition) is 6. The molecule has 1 heterocycles. The van der Waals surface area contributed by atoms with Crippen LogP contribution in [0.1, 0.15) is 44.2 Å². The van der Waals surface area contributed by atoms with Crippen LogP contribution in [0.5, 0.6) is 0 Å². The van der Waals surface area contributed by atoms with E-state index in [1.165, 1.54) is 18.0 Å². The van der Waals surface area contributed by atoms with E-state index in [9.17, 15) is 13.2 Å². The molecule has 2 rings (SSSR count). The van der Waals surface area contributed by atoms with Crippen molar-refractivity contribution >= 4 is 21.5 Å². The summed E-state index contributed by atoms with van der Waals surface area (Å²) in [5.41, 5.74) is 4.31. The third-order valence-electron chi connectivity index (χ3n) is 4.58. The Bertz CT molecular complexity index is 758. The molecule has 25 heavy (non-hydrogen) atoms. The molecule has 0 aromatic heterocycles. The predicted octanol–water partition coefficient (Wildman–Crippen LogP) is 1.83. The van der Waals surface area contributed by atoms with Crippen LogP contribution in [-0.4, -0.2) is 42.4 Å². The Labute approximate surface area is 147 Å². The van der Waals surface area contributed by atoms with Crippen molar-refractivity contribution in [3.63, 3.8) is 0 Å². The van der Waals surface area contributed by atoms with E-state index in [1.807, 2.05) is 24.3 Å². The Kier molecular flexibility index (Phi) is 5.84. The fraction of sp³-hybridized carbons (Fsp3) is 0.529. The summed E-state index contributed by atoms with van der Waals surface area (Å²) in [4.78, 5) is 17.2. The van der Waals surface area contributed by atoms with E-state index >= 15 is 0 Å². The van der Waals surface area contributed by atoms with Crippen molar-refractivity contribution in [2.24, 2.45) is 5.16 Å². The van der Waals surface area contributed by atoms with Gasteiger partial charge in [0.2, 0.25) is 0 Å². The van der Waals surface area contributed by atoms with E-state index in [2.05, 4.69) is 12.1 Å². The average molecular weight is 368 g/mol. The highest BCUT2D eigenvalue weighted by molar-refractivity contribution is 7.92. The molecule has 1 aromatic rings. The predicted molar refractivity (Wildman–Crippen MR) is 94.3 cm³/mol. The van der Waals surface area contributed by atoms with E-state index in [1.54, 1.807) is 0 Å². The highest BCUT2D eigenvalue weighted by Gasteiger charge is 2.47. The van der Waals surface area contributed by atoms with Crippen molar-refractivity contribution in [3.8, 4) is 0 Å². The van der Waals surface area contributed by atoms with Gasteiger partial charge < -0.3 is 4.84 Å². The van der Waals surface area contributed by atoms with Crippen LogP contribution in [0.2, 0.25) is 0 Å². The first-order valence-electron chi connectivity index (χ1n) is 8.17. The average Bonchev–Trinajstić information content (AvgIpc) is 3.02. The van der Waals surface area contributed by atoms with Gasteiger partial charge in [0.1, 0.15) is 6.10 Å². The Hall–Kier alpha value is -1.93. The zero-order chi connectivity index (χ0) is 18.7. The third kappa shape index (κ3) is 4.19. The Morgan fingerprint density at radius 1 is 1.40 bits per heavy atom. The van der Waals surface area contributed by atoms with Crippen LogP contribution in [0.25, 0.3) is 0 Å². The van der Waals surface area contributed by atoms with Crippen molar-refractivity contribution in [2.75, 3.05) is 6.26 Å². The number of carbonyl (C=O) groups excluding carboxylic acids is 1. The molecule has 8 heteroatoms. The molecule has 0 spiro atoms. The van der Waals surface area contributed by atoms with E-state index in [4.69, 9.17) is 10.0 Å². The minimum atomic E-state index is -3.76. The van der Waals surface area contributed by atoms with Crippen molar-refractivity contribution in [1.82, 2.24) is 5.48 Å². The summed E-state index contributed by atoms with van der Waals surface area (Å²) in [7, 11) is -3.76. The fourth-order valence-electron chi connectivity index (χ4n) is 2.83. The van der Waals surface area contributed by atoms with E-state index in [0.717, 1.165) is 24.7 Å². The number of rotatable bonds is 7. The number of carbonyl (C=O) groups is 1. The Balaban J connectivity index is 2.09. The molecular formula is C17H24N2O5S. The van der Waals surface area contributed by atoms with Gasteiger partial charge in [-0.2, -0.15) is 0 Å². The van der Waals surface area contributed by atoms with Gasteiger partial charge in [-0.15, -0.1) is 0 Å². The largest absolute Gasteiger partial charge is 0.392 e. The Morgan fingerprint density at radius 2 is 2.04 bits per heavy atom. The molecule has 1 aliphatic heterocycles. The van der Waals surface area contributed by atoms with Crippen LogP contribution in [0, 0.1) is 0 Å². The number of benzene rings is 1. The lowest BCUT2D eigenvalue weighted by Gasteiger charge is -2.26. The van der Waals surface area contributed by atoms with E-state index in [0.29, 0.717) is 12.1 Å². The molecule has 1 unspecified atom stereocenters. The van der Waals surface area contributed by atoms with Gasteiger partial charge in [-0.3, -0.25) is 10.0 Å². The van der Waals surface area contributed by atoms with Gasteiger partial charge in [0.05, 0.1) is 5.71 Å². The van der Waals surface area contributed by atoms with Gasteiger partial charge in [0, 0.05) is 19.1 Å². The SMILES string of the molecule is CCCc1ccc(C2=NO[C@@H](CC(C)(C(=O)NO)S(C)(=O)=O)C2)cc1. The molecule has 1 aromatic carbocycles. The molecule has 7 nitrogen and oxygen atoms in total. The van der Waals surface area contributed by atoms with Gasteiger partial charge in [-0.05, 0) is 24.5 Å². The maximum Gasteiger partial charge on any atom is 0.264 e. The summed E-state index contributed by atoms with van der Waals surface area (Å²) in [5, 5.41) is 12.9. The molecule has 1 amide bonds. The topological polar surface area (TPSA) is 105 Å². The van der Waals surface area contributed by atoms with Crippen LogP contribution < -0.4 is 5.48 Å². The molecule has 2 atom stereocenters. The molecule has 0 bridgehead atoms. The first-order chi connectivity index (χ1) is 11.7. The second kappa shape index (κ2) is 7.53. The van der Waals surface area contributed by atoms with E-state index < -0.39 is 26.6 Å². The van der Waals surface area contributed by atoms with Crippen molar-refractivity contribution in [3.05, 3.63) is 35.4 Å². The van der Waals surface area contributed by atoms with Crippen LogP contribution in [0.3, 0.4) is 0 Å². The summed E-state index contributed by atoms with van der Waals surface area (Å²) in [6, 6.07) is 8.00. The van der Waals surface area contributed by atoms with Crippen molar-refractivity contribution in [1.29, 1.82) is 0 Å². The summed E-state index contributed by atoms with van der Waals surface area (Å²) >= 11 is 0. The normalized spacial score (nSPS) is 19.7. The van der Waals surface area contributed by atoms with Crippen LogP contribution in [0.15, 0.2) is 29.4 Å². The lowest BCUT2D eigenvalue weighted by atomic mass is 9.96. The standard InChI is InChI=1S/C17H24N2O5S/c1-4-5-12-6-8-13(9-7-12)15-10-14(24-19-15)11-17(2,16(20)18-21)25(3,22)23/h6-9,14,21H,4-5,10-11H2,1-3H3,(H,18,20)/t14-,17?/m1/s1. The number of nitrogens with zero attached hydrogens (tertiary/aromatic N) is 1. The summed E-state index contributed by atoms with van der Waals surface area (Å²) in [6.07, 6.45) is 2.79. The zero-order valence-electron chi connectivity index (χ0n) is 14.7. The maximum atomic E-state index is 12.0. The minimum absolute atomic E-state index is 0.0981. The number of nitrogens with one attached hydrogen (secondary N) is 1. The highest BCUT2D eigenvalue weighted by atomic mass is 32.2. The van der Waals surface area contributed by atoms with Gasteiger partial charge in [0.25, 0.3) is 5.91 Å². The number of amides is 1. The zero-order valence-corrected chi connectivity index (χ0v) is 15.5. The van der Waals surface area contributed by atoms with Crippen LogP contribution >= 0.6 is 0 Å². The Morgan fingerprint density at radius 3 is 2.56 bits per heavy atom. The molecule has 0 saturated carbocycles. The molecule has 0 saturated heterocycles. The first-order valence-corrected chi connectivity index (χ1v) is 10.1. The lowest BCUT2D eigenvalue weighted by molar-refractivity contribution is -0.132. The lowest BCUT2D eigenvalue weighted by Crippen LogP contribution is -2.51. The molecule has 0 radical (unpaired) electrons. The number of oxime groups is 1. The monoisotopic (exact) mass is 368 g/mol. The second-order valence-electron chi connectivity index (χ2n) is 6.56. The molecule has 2 N–H and O–H groups in total. The first kappa shape index (κ1) is 19.4. The smallest absolute Gasteiger partial charge is 0.264 e. The molecule has 0 aliphatic carbocycles. The maximum absolute atomic E-state index is 12.0. The summed E-state index contributed by atoms with van der Waals surface area (Å²) in [5.74, 6) is -0.976. The third-order valence-corrected chi connectivity index (χ3v) is 6.57. The van der Waals surface area contributed by atoms with Gasteiger partial charge >= 0.3 is 0 Å². The van der Waals surface area contributed by atoms with Gasteiger partial charge in [-0.1, -0.05) is 42.8 Å². The number of hydrogen-bond donors (Lipinski definition) is 2. The van der Waals surface area contributed by atoms with E-state index in [-0.39, 0.29) is 6.42 Å². The summed E-state index contributed by atoms with van der Waals surface area (Å²) in [6.45, 7) is 3.39. The van der Waals surface area contributed by atoms with Crippen LogP contribution in [0.4, 0.5) is 0 Å². The molecule has 0 fully saturated rings. The minimum Gasteiger partial charge on any atom is -0.392 e. The molecular weight excluding hydrogens is 344 g/mol. The fourth-order valence-corrected chi connectivity index (χ4v) is 3.70. The number of sulfone groups is 1. The number of hydroxylamine groups is 1. The van der Waals surface area contributed by atoms with Crippen LogP contribution in [-0.2, 0) is 25.9 Å². The van der Waals surface area contributed by atoms with Crippen molar-refractivity contribution in [2.45, 2.75) is 50.4 Å². The number of aryl methyl sites for hydroxylation is 1.